The number of halogens is 1. The molecule has 13 heteroatoms. The lowest BCUT2D eigenvalue weighted by Crippen LogP contribution is -2.17. The topological polar surface area (TPSA) is 147 Å². The van der Waals surface area contributed by atoms with Crippen molar-refractivity contribution in [3.8, 4) is 0 Å². The van der Waals surface area contributed by atoms with Gasteiger partial charge in [0.2, 0.25) is 5.95 Å². The molecule has 0 unspecified atom stereocenters. The molecule has 0 saturated carbocycles. The molecule has 0 radical (unpaired) electrons. The molecule has 4 aromatic rings. The number of hydrogen-bond acceptors (Lipinski definition) is 7. The molecule has 0 atom stereocenters. The smallest absolute Gasteiger partial charge is 0.264 e. The minimum Gasteiger partial charge on any atom is -0.322 e. The van der Waals surface area contributed by atoms with Gasteiger partial charge in [0, 0.05) is 23.1 Å². The summed E-state index contributed by atoms with van der Waals surface area (Å²) in [5, 5.41) is 2.57. The number of benzene rings is 3. The molecular formula is C26H24ClN5O5S2. The van der Waals surface area contributed by atoms with E-state index in [-0.39, 0.29) is 26.3 Å². The molecule has 0 bridgehead atoms. The molecule has 0 saturated heterocycles. The van der Waals surface area contributed by atoms with Crippen LogP contribution in [0.3, 0.4) is 0 Å². The molecule has 1 amide bonds. The van der Waals surface area contributed by atoms with Gasteiger partial charge in [0.1, 0.15) is 4.90 Å². The first-order valence-corrected chi connectivity index (χ1v) is 14.8. The van der Waals surface area contributed by atoms with Crippen LogP contribution in [0.1, 0.15) is 27.2 Å². The first kappa shape index (κ1) is 28.0. The van der Waals surface area contributed by atoms with Crippen LogP contribution in [0.5, 0.6) is 0 Å². The Hall–Kier alpha value is -4.00. The number of rotatable bonds is 8. The van der Waals surface area contributed by atoms with E-state index >= 15 is 0 Å². The summed E-state index contributed by atoms with van der Waals surface area (Å²) in [6.45, 7) is 5.38. The standard InChI is InChI=1S/C26H24ClN5O5S2/c1-16-4-11-23(17(2)14-16)31-39(36,37)24-15-19(5-10-22(24)27)25(33)30-20-6-8-21(9-7-20)38(34,35)32-26-28-13-12-18(3)29-26/h4-15,31H,1-3H3,(H,30,33)(H,28,29,32). The quantitative estimate of drug-likeness (QED) is 0.266. The fraction of sp³-hybridized carbons (Fsp3) is 0.115. The largest absolute Gasteiger partial charge is 0.322 e. The van der Waals surface area contributed by atoms with Crippen molar-refractivity contribution in [3.05, 3.63) is 100 Å². The summed E-state index contributed by atoms with van der Waals surface area (Å²) in [4.78, 5) is 20.5. The maximum absolute atomic E-state index is 13.1. The molecule has 39 heavy (non-hydrogen) atoms. The van der Waals surface area contributed by atoms with Crippen molar-refractivity contribution < 1.29 is 21.6 Å². The summed E-state index contributed by atoms with van der Waals surface area (Å²) >= 11 is 6.18. The van der Waals surface area contributed by atoms with E-state index in [1.807, 2.05) is 13.0 Å². The first-order chi connectivity index (χ1) is 18.3. The fourth-order valence-corrected chi connectivity index (χ4v) is 6.18. The molecule has 10 nitrogen and oxygen atoms in total. The SMILES string of the molecule is Cc1ccc(NS(=O)(=O)c2cc(C(=O)Nc3ccc(S(=O)(=O)Nc4nccc(C)n4)cc3)ccc2Cl)c(C)c1. The molecule has 1 heterocycles. The Morgan fingerprint density at radius 2 is 1.54 bits per heavy atom. The number of carbonyl (C=O) groups is 1. The third kappa shape index (κ3) is 6.72. The summed E-state index contributed by atoms with van der Waals surface area (Å²) in [5.41, 5.74) is 3.03. The monoisotopic (exact) mass is 585 g/mol. The predicted octanol–water partition coefficient (Wildman–Crippen LogP) is 4.91. The Bertz CT molecular complexity index is 1780. The van der Waals surface area contributed by atoms with Gasteiger partial charge in [-0.15, -0.1) is 0 Å². The van der Waals surface area contributed by atoms with Crippen LogP contribution in [0.25, 0.3) is 0 Å². The van der Waals surface area contributed by atoms with Crippen LogP contribution in [0.2, 0.25) is 5.02 Å². The minimum atomic E-state index is -4.10. The maximum atomic E-state index is 13.1. The van der Waals surface area contributed by atoms with Gasteiger partial charge >= 0.3 is 0 Å². The molecule has 0 aliphatic carbocycles. The van der Waals surface area contributed by atoms with E-state index in [4.69, 9.17) is 11.6 Å². The predicted molar refractivity (Wildman–Crippen MR) is 150 cm³/mol. The van der Waals surface area contributed by atoms with E-state index in [0.29, 0.717) is 17.1 Å². The minimum absolute atomic E-state index is 0.0374. The fourth-order valence-electron chi connectivity index (χ4n) is 3.58. The lowest BCUT2D eigenvalue weighted by atomic mass is 10.1. The van der Waals surface area contributed by atoms with Crippen LogP contribution in [0.15, 0.2) is 82.7 Å². The number of nitrogens with zero attached hydrogens (tertiary/aromatic N) is 2. The van der Waals surface area contributed by atoms with Gasteiger partial charge in [-0.1, -0.05) is 29.3 Å². The third-order valence-corrected chi connectivity index (χ3v) is 8.74. The lowest BCUT2D eigenvalue weighted by Gasteiger charge is -2.13. The van der Waals surface area contributed by atoms with Crippen LogP contribution in [-0.4, -0.2) is 32.7 Å². The Labute approximate surface area is 231 Å². The van der Waals surface area contributed by atoms with Crippen molar-refractivity contribution in [2.75, 3.05) is 14.8 Å². The van der Waals surface area contributed by atoms with Gasteiger partial charge in [0.05, 0.1) is 15.6 Å². The second-order valence-corrected chi connectivity index (χ2v) is 12.4. The molecule has 0 aliphatic rings. The molecule has 0 aliphatic heterocycles. The van der Waals surface area contributed by atoms with Gasteiger partial charge in [-0.2, -0.15) is 0 Å². The number of hydrogen-bond donors (Lipinski definition) is 3. The Morgan fingerprint density at radius 1 is 0.821 bits per heavy atom. The number of aromatic nitrogens is 2. The zero-order valence-corrected chi connectivity index (χ0v) is 23.4. The van der Waals surface area contributed by atoms with Crippen LogP contribution < -0.4 is 14.8 Å². The molecular weight excluding hydrogens is 562 g/mol. The molecule has 202 valence electrons. The highest BCUT2D eigenvalue weighted by Gasteiger charge is 2.22. The molecule has 3 aromatic carbocycles. The van der Waals surface area contributed by atoms with Crippen molar-refractivity contribution in [3.63, 3.8) is 0 Å². The van der Waals surface area contributed by atoms with Crippen LogP contribution >= 0.6 is 11.6 Å². The average molecular weight is 586 g/mol. The van der Waals surface area contributed by atoms with Gasteiger partial charge in [-0.05, 0) is 80.9 Å². The van der Waals surface area contributed by atoms with Crippen molar-refractivity contribution in [2.45, 2.75) is 30.6 Å². The van der Waals surface area contributed by atoms with Crippen LogP contribution in [0.4, 0.5) is 17.3 Å². The van der Waals surface area contributed by atoms with Crippen molar-refractivity contribution in [2.24, 2.45) is 0 Å². The molecule has 1 aromatic heterocycles. The Kier molecular flexibility index (Phi) is 7.91. The summed E-state index contributed by atoms with van der Waals surface area (Å²) in [5.74, 6) is -0.676. The number of sulfonamides is 2. The van der Waals surface area contributed by atoms with Gasteiger partial charge in [0.15, 0.2) is 0 Å². The number of nitrogens with one attached hydrogen (secondary N) is 3. The average Bonchev–Trinajstić information content (AvgIpc) is 2.86. The molecule has 0 fully saturated rings. The van der Waals surface area contributed by atoms with E-state index in [1.165, 1.54) is 48.7 Å². The van der Waals surface area contributed by atoms with Crippen molar-refractivity contribution in [1.29, 1.82) is 0 Å². The van der Waals surface area contributed by atoms with Crippen LogP contribution in [0, 0.1) is 20.8 Å². The summed E-state index contributed by atoms with van der Waals surface area (Å²) in [6, 6.07) is 16.2. The molecule has 4 rings (SSSR count). The highest BCUT2D eigenvalue weighted by atomic mass is 35.5. The number of anilines is 3. The second kappa shape index (κ2) is 11.0. The van der Waals surface area contributed by atoms with E-state index in [0.717, 1.165) is 11.1 Å². The molecule has 3 N–H and O–H groups in total. The normalized spacial score (nSPS) is 11.6. The summed E-state index contributed by atoms with van der Waals surface area (Å²) < 4.78 is 56.3. The second-order valence-electron chi connectivity index (χ2n) is 8.67. The van der Waals surface area contributed by atoms with Crippen molar-refractivity contribution in [1.82, 2.24) is 9.97 Å². The number of amides is 1. The number of carbonyl (C=O) groups excluding carboxylic acids is 1. The summed E-state index contributed by atoms with van der Waals surface area (Å²) in [6.07, 6.45) is 1.44. The number of aryl methyl sites for hydroxylation is 3. The third-order valence-electron chi connectivity index (χ3n) is 5.55. The zero-order valence-electron chi connectivity index (χ0n) is 21.1. The van der Waals surface area contributed by atoms with E-state index < -0.39 is 26.0 Å². The van der Waals surface area contributed by atoms with Crippen LogP contribution in [-0.2, 0) is 20.0 Å². The van der Waals surface area contributed by atoms with Gasteiger partial charge in [0.25, 0.3) is 26.0 Å². The Morgan fingerprint density at radius 3 is 2.21 bits per heavy atom. The molecule has 0 spiro atoms. The van der Waals surface area contributed by atoms with E-state index in [9.17, 15) is 21.6 Å². The van der Waals surface area contributed by atoms with Crippen molar-refractivity contribution >= 4 is 54.9 Å². The highest BCUT2D eigenvalue weighted by Crippen LogP contribution is 2.27. The summed E-state index contributed by atoms with van der Waals surface area (Å²) in [7, 11) is -8.07. The lowest BCUT2D eigenvalue weighted by molar-refractivity contribution is 0.102. The zero-order chi connectivity index (χ0) is 28.4. The van der Waals surface area contributed by atoms with Gasteiger partial charge in [-0.25, -0.2) is 31.5 Å². The van der Waals surface area contributed by atoms with Gasteiger partial charge < -0.3 is 5.32 Å². The highest BCUT2D eigenvalue weighted by molar-refractivity contribution is 7.93. The first-order valence-electron chi connectivity index (χ1n) is 11.5. The van der Waals surface area contributed by atoms with E-state index in [1.54, 1.807) is 32.0 Å². The van der Waals surface area contributed by atoms with E-state index in [2.05, 4.69) is 24.7 Å². The Balaban J connectivity index is 1.51. The van der Waals surface area contributed by atoms with Gasteiger partial charge in [-0.3, -0.25) is 9.52 Å². The maximum Gasteiger partial charge on any atom is 0.264 e.